The molecule has 0 bridgehead atoms. The molecule has 24 heavy (non-hydrogen) atoms. The van der Waals surface area contributed by atoms with E-state index in [2.05, 4.69) is 4.99 Å². The molecule has 2 rings (SSSR count). The molecule has 138 valence electrons. The molecule has 1 amide bonds. The van der Waals surface area contributed by atoms with Crippen molar-refractivity contribution in [3.8, 4) is 0 Å². The van der Waals surface area contributed by atoms with Crippen molar-refractivity contribution >= 4 is 23.0 Å². The Bertz CT molecular complexity index is 474. The molecule has 2 N–H and O–H groups in total. The van der Waals surface area contributed by atoms with Gasteiger partial charge >= 0.3 is 6.09 Å². The van der Waals surface area contributed by atoms with Crippen LogP contribution < -0.4 is 0 Å². The van der Waals surface area contributed by atoms with Gasteiger partial charge in [0.1, 0.15) is 36.4 Å². The molecule has 2 aliphatic rings. The Labute approximate surface area is 146 Å². The maximum Gasteiger partial charge on any atom is 0.409 e. The van der Waals surface area contributed by atoms with Gasteiger partial charge in [-0.3, -0.25) is 4.99 Å². The first-order valence-electron chi connectivity index (χ1n) is 8.31. The number of nitrogens with zero attached hydrogens (tertiary/aromatic N) is 3. The molecule has 2 heterocycles. The molecular weight excluding hydrogens is 334 g/mol. The van der Waals surface area contributed by atoms with Crippen molar-refractivity contribution in [3.63, 3.8) is 0 Å². The van der Waals surface area contributed by atoms with Gasteiger partial charge in [0.25, 0.3) is 0 Å². The van der Waals surface area contributed by atoms with E-state index in [1.807, 2.05) is 32.7 Å². The summed E-state index contributed by atoms with van der Waals surface area (Å²) in [7, 11) is 1.91. The Balaban J connectivity index is 1.95. The highest BCUT2D eigenvalue weighted by Crippen LogP contribution is 2.37. The summed E-state index contributed by atoms with van der Waals surface area (Å²) in [6, 6.07) is -0.510. The predicted octanol–water partition coefficient (Wildman–Crippen LogP) is 0.335. The molecule has 9 heteroatoms. The first-order chi connectivity index (χ1) is 11.4. The minimum atomic E-state index is -1.15. The molecule has 0 aromatic heterocycles. The molecule has 0 spiro atoms. The molecule has 1 fully saturated rings. The zero-order valence-corrected chi connectivity index (χ0v) is 15.4. The fraction of sp³-hybridized carbons (Fsp3) is 0.867. The summed E-state index contributed by atoms with van der Waals surface area (Å²) in [5.41, 5.74) is -0.385. The van der Waals surface area contributed by atoms with Crippen molar-refractivity contribution in [3.05, 3.63) is 0 Å². The molecule has 0 saturated carbocycles. The van der Waals surface area contributed by atoms with Crippen LogP contribution in [0.2, 0.25) is 0 Å². The molecule has 8 nitrogen and oxygen atoms in total. The van der Waals surface area contributed by atoms with E-state index in [4.69, 9.17) is 9.47 Å². The second-order valence-corrected chi connectivity index (χ2v) is 6.87. The van der Waals surface area contributed by atoms with Crippen molar-refractivity contribution in [2.75, 3.05) is 33.3 Å². The van der Waals surface area contributed by atoms with Gasteiger partial charge in [0.2, 0.25) is 0 Å². The third-order valence-corrected chi connectivity index (χ3v) is 5.59. The van der Waals surface area contributed by atoms with Crippen LogP contribution in [0.25, 0.3) is 0 Å². The molecule has 5 atom stereocenters. The van der Waals surface area contributed by atoms with Crippen molar-refractivity contribution in [1.29, 1.82) is 0 Å². The lowest BCUT2D eigenvalue weighted by molar-refractivity contribution is -0.165. The summed E-state index contributed by atoms with van der Waals surface area (Å²) in [4.78, 5) is 19.9. The largest absolute Gasteiger partial charge is 0.447 e. The summed E-state index contributed by atoms with van der Waals surface area (Å²) >= 11 is 1.42. The first kappa shape index (κ1) is 19.3. The average molecular weight is 361 g/mol. The predicted molar refractivity (Wildman–Crippen MR) is 92.1 cm³/mol. The van der Waals surface area contributed by atoms with Gasteiger partial charge in [-0.2, -0.15) is 0 Å². The Morgan fingerprint density at radius 2 is 1.92 bits per heavy atom. The second-order valence-electron chi connectivity index (χ2n) is 5.81. The summed E-state index contributed by atoms with van der Waals surface area (Å²) in [5.74, 6) is 0. The van der Waals surface area contributed by atoms with Crippen molar-refractivity contribution in [1.82, 2.24) is 9.80 Å². The minimum Gasteiger partial charge on any atom is -0.447 e. The third-order valence-electron chi connectivity index (χ3n) is 4.34. The number of carbonyl (C=O) groups excluding carboxylic acids is 1. The Kier molecular flexibility index (Phi) is 6.73. The number of aliphatic imine (C=N–C) groups is 1. The summed E-state index contributed by atoms with van der Waals surface area (Å²) in [6.07, 6.45) is -3.41. The van der Waals surface area contributed by atoms with Crippen molar-refractivity contribution < 1.29 is 24.5 Å². The quantitative estimate of drug-likeness (QED) is 0.729. The summed E-state index contributed by atoms with van der Waals surface area (Å²) < 4.78 is 11.1. The van der Waals surface area contributed by atoms with Crippen LogP contribution in [0.1, 0.15) is 20.8 Å². The summed E-state index contributed by atoms with van der Waals surface area (Å²) in [5, 5.41) is 21.4. The van der Waals surface area contributed by atoms with E-state index in [0.29, 0.717) is 13.1 Å². The Morgan fingerprint density at radius 3 is 2.50 bits per heavy atom. The maximum absolute atomic E-state index is 11.9. The minimum absolute atomic E-state index is 0.101. The van der Waals surface area contributed by atoms with Gasteiger partial charge in [-0.15, -0.1) is 0 Å². The van der Waals surface area contributed by atoms with Gasteiger partial charge in [0, 0.05) is 26.7 Å². The molecule has 0 aliphatic carbocycles. The molecular formula is C15H27N3O5S. The number of thioether (sulfide) groups is 1. The van der Waals surface area contributed by atoms with Gasteiger partial charge in [-0.05, 0) is 20.8 Å². The van der Waals surface area contributed by atoms with Gasteiger partial charge < -0.3 is 29.5 Å². The molecule has 1 saturated heterocycles. The topological polar surface area (TPSA) is 94.8 Å². The number of amidine groups is 1. The smallest absolute Gasteiger partial charge is 0.409 e. The van der Waals surface area contributed by atoms with Gasteiger partial charge in [-0.1, -0.05) is 11.8 Å². The van der Waals surface area contributed by atoms with Crippen LogP contribution in [-0.4, -0.2) is 94.4 Å². The molecule has 0 aromatic carbocycles. The lowest BCUT2D eigenvalue weighted by Gasteiger charge is -2.38. The molecule has 2 aliphatic heterocycles. The number of aliphatic hydroxyl groups excluding tert-OH is 2. The van der Waals surface area contributed by atoms with E-state index in [1.54, 1.807) is 0 Å². The number of carbonyl (C=O) groups is 1. The number of aliphatic hydroxyl groups is 2. The third kappa shape index (κ3) is 3.96. The Hall–Kier alpha value is -1.03. The lowest BCUT2D eigenvalue weighted by Crippen LogP contribution is -2.56. The van der Waals surface area contributed by atoms with E-state index in [1.165, 1.54) is 16.7 Å². The number of rotatable bonds is 5. The highest BCUT2D eigenvalue weighted by atomic mass is 32.2. The van der Waals surface area contributed by atoms with E-state index in [0.717, 1.165) is 11.7 Å². The van der Waals surface area contributed by atoms with Crippen LogP contribution in [0.15, 0.2) is 4.99 Å². The molecule has 0 aromatic rings. The number of hydrogen-bond donors (Lipinski definition) is 2. The highest BCUT2D eigenvalue weighted by molar-refractivity contribution is 8.14. The molecule has 0 radical (unpaired) electrons. The lowest BCUT2D eigenvalue weighted by atomic mass is 9.99. The Morgan fingerprint density at radius 1 is 1.25 bits per heavy atom. The highest BCUT2D eigenvalue weighted by Gasteiger charge is 2.49. The van der Waals surface area contributed by atoms with E-state index in [-0.39, 0.29) is 12.0 Å². The number of fused-ring (bicyclic) bond motifs is 1. The zero-order valence-electron chi connectivity index (χ0n) is 14.6. The van der Waals surface area contributed by atoms with Crippen LogP contribution >= 0.6 is 11.8 Å². The number of hydrogen-bond acceptors (Lipinski definition) is 8. The van der Waals surface area contributed by atoms with Crippen LogP contribution in [0.5, 0.6) is 0 Å². The fourth-order valence-electron chi connectivity index (χ4n) is 2.60. The summed E-state index contributed by atoms with van der Waals surface area (Å²) in [6.45, 7) is 7.52. The van der Waals surface area contributed by atoms with E-state index < -0.39 is 30.4 Å². The standard InChI is InChI=1S/C15H27N3O5S/c1-5-17(4)14-16-10-12(20)11(19)9(23-13(10)24-14)8-22-15(21)18(6-2)7-3/h9-13,19-20H,5-8H2,1-4H3. The van der Waals surface area contributed by atoms with Gasteiger partial charge in [-0.25, -0.2) is 4.79 Å². The average Bonchev–Trinajstić information content (AvgIpc) is 3.01. The van der Waals surface area contributed by atoms with Gasteiger partial charge in [0.05, 0.1) is 0 Å². The van der Waals surface area contributed by atoms with Gasteiger partial charge in [0.15, 0.2) is 5.17 Å². The monoisotopic (exact) mass is 361 g/mol. The fourth-order valence-corrected chi connectivity index (χ4v) is 3.86. The first-order valence-corrected chi connectivity index (χ1v) is 9.19. The number of amides is 1. The van der Waals surface area contributed by atoms with Crippen molar-refractivity contribution in [2.45, 2.75) is 50.6 Å². The number of ether oxygens (including phenoxy) is 2. The zero-order chi connectivity index (χ0) is 17.9. The van der Waals surface area contributed by atoms with E-state index in [9.17, 15) is 15.0 Å². The van der Waals surface area contributed by atoms with Crippen LogP contribution in [-0.2, 0) is 9.47 Å². The molecule has 5 unspecified atom stereocenters. The van der Waals surface area contributed by atoms with Crippen LogP contribution in [0.4, 0.5) is 4.79 Å². The van der Waals surface area contributed by atoms with Crippen molar-refractivity contribution in [2.24, 2.45) is 4.99 Å². The SMILES string of the molecule is CCN(C)C1=NC2C(OC(COC(=O)N(CC)CC)C(O)C2O)S1. The maximum atomic E-state index is 11.9. The van der Waals surface area contributed by atoms with Crippen LogP contribution in [0.3, 0.4) is 0 Å². The van der Waals surface area contributed by atoms with E-state index >= 15 is 0 Å². The normalized spacial score (nSPS) is 32.1. The van der Waals surface area contributed by atoms with Crippen LogP contribution in [0, 0.1) is 0 Å². The second kappa shape index (κ2) is 8.37.